The summed E-state index contributed by atoms with van der Waals surface area (Å²) in [6.07, 6.45) is 1.66. The molecule has 2 aliphatic heterocycles. The van der Waals surface area contributed by atoms with Crippen molar-refractivity contribution in [3.8, 4) is 0 Å². The van der Waals surface area contributed by atoms with Crippen LogP contribution in [0, 0.1) is 0 Å². The second kappa shape index (κ2) is 7.52. The van der Waals surface area contributed by atoms with Crippen LogP contribution in [0.15, 0.2) is 36.4 Å². The van der Waals surface area contributed by atoms with Crippen molar-refractivity contribution in [1.82, 2.24) is 0 Å². The predicted molar refractivity (Wildman–Crippen MR) is 114 cm³/mol. The normalized spacial score (nSPS) is 20.5. The van der Waals surface area contributed by atoms with Crippen LogP contribution in [0.3, 0.4) is 0 Å². The number of ether oxygens (including phenoxy) is 1. The third-order valence-corrected chi connectivity index (χ3v) is 6.01. The van der Waals surface area contributed by atoms with Crippen LogP contribution in [0.25, 0.3) is 0 Å². The zero-order valence-electron chi connectivity index (χ0n) is 16.9. The Morgan fingerprint density at radius 2 is 1.97 bits per heavy atom. The van der Waals surface area contributed by atoms with Crippen molar-refractivity contribution < 1.29 is 14.3 Å². The van der Waals surface area contributed by atoms with Crippen LogP contribution in [0.4, 0.5) is 11.4 Å². The molecule has 0 spiro atoms. The maximum absolute atomic E-state index is 12.2. The highest BCUT2D eigenvalue weighted by molar-refractivity contribution is 5.95. The van der Waals surface area contributed by atoms with E-state index in [2.05, 4.69) is 30.1 Å². The van der Waals surface area contributed by atoms with Gasteiger partial charge in [-0.25, -0.2) is 0 Å². The maximum Gasteiger partial charge on any atom is 0.249 e. The molecule has 2 heterocycles. The van der Waals surface area contributed by atoms with Crippen molar-refractivity contribution in [2.24, 2.45) is 5.73 Å². The molecule has 4 rings (SSSR count). The summed E-state index contributed by atoms with van der Waals surface area (Å²) < 4.78 is 5.46. The average Bonchev–Trinajstić information content (AvgIpc) is 2.73. The van der Waals surface area contributed by atoms with Gasteiger partial charge in [-0.15, -0.1) is 0 Å². The molecule has 152 valence electrons. The SMILES string of the molecule is CC1(C)CC(c2cc(N3CCOCC3)ccc2C(N)=O)Nc2ccc(C=O)cc21. The number of morpholine rings is 1. The summed E-state index contributed by atoms with van der Waals surface area (Å²) >= 11 is 0. The lowest BCUT2D eigenvalue weighted by Crippen LogP contribution is -2.37. The average molecular weight is 393 g/mol. The molecule has 1 saturated heterocycles. The molecule has 0 aliphatic carbocycles. The highest BCUT2D eigenvalue weighted by atomic mass is 16.5. The third-order valence-electron chi connectivity index (χ3n) is 6.01. The molecule has 1 unspecified atom stereocenters. The van der Waals surface area contributed by atoms with E-state index in [1.54, 1.807) is 0 Å². The molecule has 3 N–H and O–H groups in total. The molecular weight excluding hydrogens is 366 g/mol. The largest absolute Gasteiger partial charge is 0.378 e. The van der Waals surface area contributed by atoms with Crippen molar-refractivity contribution in [3.05, 3.63) is 58.7 Å². The fraction of sp³-hybridized carbons (Fsp3) is 0.391. The number of carbonyl (C=O) groups excluding carboxylic acids is 2. The first-order chi connectivity index (χ1) is 13.9. The molecule has 2 aromatic carbocycles. The van der Waals surface area contributed by atoms with Gasteiger partial charge in [-0.1, -0.05) is 13.8 Å². The van der Waals surface area contributed by atoms with Gasteiger partial charge in [0.1, 0.15) is 6.29 Å². The highest BCUT2D eigenvalue weighted by Crippen LogP contribution is 2.45. The second-order valence-electron chi connectivity index (χ2n) is 8.44. The minimum atomic E-state index is -0.421. The molecule has 1 amide bonds. The van der Waals surface area contributed by atoms with Crippen LogP contribution in [0.1, 0.15) is 58.2 Å². The Hall–Kier alpha value is -2.86. The zero-order chi connectivity index (χ0) is 20.6. The lowest BCUT2D eigenvalue weighted by Gasteiger charge is -2.40. The number of nitrogens with two attached hydrogens (primary N) is 1. The van der Waals surface area contributed by atoms with Gasteiger partial charge >= 0.3 is 0 Å². The Bertz CT molecular complexity index is 948. The number of nitrogens with one attached hydrogen (secondary N) is 1. The monoisotopic (exact) mass is 393 g/mol. The number of hydrogen-bond acceptors (Lipinski definition) is 5. The van der Waals surface area contributed by atoms with Crippen molar-refractivity contribution >= 4 is 23.6 Å². The molecule has 2 aliphatic rings. The summed E-state index contributed by atoms with van der Waals surface area (Å²) in [5, 5.41) is 3.58. The highest BCUT2D eigenvalue weighted by Gasteiger charge is 2.35. The van der Waals surface area contributed by atoms with E-state index in [0.717, 1.165) is 48.3 Å². The second-order valence-corrected chi connectivity index (χ2v) is 8.44. The molecule has 29 heavy (non-hydrogen) atoms. The standard InChI is InChI=1S/C23H27N3O3/c1-23(2)13-21(25-20-6-3-15(14-27)11-19(20)23)18-12-16(4-5-17(18)22(24)28)26-7-9-29-10-8-26/h3-6,11-12,14,21,25H,7-10,13H2,1-2H3,(H2,24,28). The van der Waals surface area contributed by atoms with Gasteiger partial charge in [0.05, 0.1) is 19.3 Å². The quantitative estimate of drug-likeness (QED) is 0.779. The van der Waals surface area contributed by atoms with Crippen LogP contribution in [-0.4, -0.2) is 38.5 Å². The topological polar surface area (TPSA) is 84.7 Å². The van der Waals surface area contributed by atoms with Gasteiger partial charge in [-0.05, 0) is 59.4 Å². The summed E-state index contributed by atoms with van der Waals surface area (Å²) in [4.78, 5) is 25.6. The molecule has 6 nitrogen and oxygen atoms in total. The van der Waals surface area contributed by atoms with Gasteiger partial charge in [0, 0.05) is 35.6 Å². The molecule has 1 atom stereocenters. The van der Waals surface area contributed by atoms with Crippen LogP contribution >= 0.6 is 0 Å². The lowest BCUT2D eigenvalue weighted by atomic mass is 9.73. The smallest absolute Gasteiger partial charge is 0.249 e. The summed E-state index contributed by atoms with van der Waals surface area (Å²) in [7, 11) is 0. The first-order valence-electron chi connectivity index (χ1n) is 10.0. The van der Waals surface area contributed by atoms with Crippen LogP contribution in [-0.2, 0) is 10.2 Å². The molecular formula is C23H27N3O3. The van der Waals surface area contributed by atoms with Gasteiger partial charge in [0.25, 0.3) is 0 Å². The number of hydrogen-bond donors (Lipinski definition) is 2. The number of benzene rings is 2. The van der Waals surface area contributed by atoms with E-state index in [4.69, 9.17) is 10.5 Å². The predicted octanol–water partition coefficient (Wildman–Crippen LogP) is 3.27. The van der Waals surface area contributed by atoms with Crippen molar-refractivity contribution in [2.75, 3.05) is 36.5 Å². The van der Waals surface area contributed by atoms with Crippen LogP contribution < -0.4 is 16.0 Å². The molecule has 0 aromatic heterocycles. The van der Waals surface area contributed by atoms with Gasteiger partial charge < -0.3 is 20.7 Å². The first-order valence-corrected chi connectivity index (χ1v) is 10.0. The van der Waals surface area contributed by atoms with Gasteiger partial charge in [-0.2, -0.15) is 0 Å². The van der Waals surface area contributed by atoms with Gasteiger partial charge in [0.15, 0.2) is 0 Å². The molecule has 0 radical (unpaired) electrons. The Balaban J connectivity index is 1.74. The number of primary amides is 1. The summed E-state index contributed by atoms with van der Waals surface area (Å²) in [5.74, 6) is -0.421. The van der Waals surface area contributed by atoms with Crippen molar-refractivity contribution in [2.45, 2.75) is 31.7 Å². The van der Waals surface area contributed by atoms with Crippen LogP contribution in [0.5, 0.6) is 0 Å². The molecule has 0 bridgehead atoms. The summed E-state index contributed by atoms with van der Waals surface area (Å²) in [6.45, 7) is 7.41. The Morgan fingerprint density at radius 3 is 2.66 bits per heavy atom. The minimum Gasteiger partial charge on any atom is -0.378 e. The van der Waals surface area contributed by atoms with E-state index in [1.807, 2.05) is 30.3 Å². The maximum atomic E-state index is 12.2. The van der Waals surface area contributed by atoms with Crippen molar-refractivity contribution in [1.29, 1.82) is 0 Å². The summed E-state index contributed by atoms with van der Waals surface area (Å²) in [5.41, 5.74) is 10.9. The Kier molecular flexibility index (Phi) is 5.04. The van der Waals surface area contributed by atoms with E-state index in [1.165, 1.54) is 0 Å². The lowest BCUT2D eigenvalue weighted by molar-refractivity contribution is 0.0998. The van der Waals surface area contributed by atoms with Crippen LogP contribution in [0.2, 0.25) is 0 Å². The molecule has 6 heteroatoms. The number of anilines is 2. The van der Waals surface area contributed by atoms with E-state index in [-0.39, 0.29) is 11.5 Å². The Morgan fingerprint density at radius 1 is 1.21 bits per heavy atom. The van der Waals surface area contributed by atoms with Gasteiger partial charge in [0.2, 0.25) is 5.91 Å². The molecule has 2 aromatic rings. The number of carbonyl (C=O) groups is 2. The number of fused-ring (bicyclic) bond motifs is 1. The number of aldehydes is 1. The molecule has 1 fully saturated rings. The molecule has 0 saturated carbocycles. The number of rotatable bonds is 4. The van der Waals surface area contributed by atoms with E-state index >= 15 is 0 Å². The van der Waals surface area contributed by atoms with E-state index in [9.17, 15) is 9.59 Å². The number of nitrogens with zero attached hydrogens (tertiary/aromatic N) is 1. The van der Waals surface area contributed by atoms with Gasteiger partial charge in [-0.3, -0.25) is 9.59 Å². The summed E-state index contributed by atoms with van der Waals surface area (Å²) in [6, 6.07) is 11.5. The minimum absolute atomic E-state index is 0.0527. The van der Waals surface area contributed by atoms with E-state index in [0.29, 0.717) is 24.3 Å². The van der Waals surface area contributed by atoms with Crippen molar-refractivity contribution in [3.63, 3.8) is 0 Å². The fourth-order valence-electron chi connectivity index (χ4n) is 4.45. The first kappa shape index (κ1) is 19.5. The van der Waals surface area contributed by atoms with E-state index < -0.39 is 5.91 Å². The third kappa shape index (κ3) is 3.72. The number of amides is 1. The Labute approximate surface area is 171 Å². The fourth-order valence-corrected chi connectivity index (χ4v) is 4.45. The zero-order valence-corrected chi connectivity index (χ0v) is 16.9.